The number of hydrogen-bond donors (Lipinski definition) is 1. The number of halogens is 3. The van der Waals surface area contributed by atoms with E-state index in [-0.39, 0.29) is 29.3 Å². The van der Waals surface area contributed by atoms with Gasteiger partial charge < -0.3 is 15.0 Å². The number of carbonyl (C=O) groups excluding carboxylic acids is 1. The van der Waals surface area contributed by atoms with Crippen LogP contribution in [-0.2, 0) is 11.0 Å². The van der Waals surface area contributed by atoms with Gasteiger partial charge in [0.15, 0.2) is 12.4 Å². The highest BCUT2D eigenvalue weighted by atomic mass is 19.4. The predicted molar refractivity (Wildman–Crippen MR) is 166 cm³/mol. The summed E-state index contributed by atoms with van der Waals surface area (Å²) in [7, 11) is 3.69. The van der Waals surface area contributed by atoms with Crippen LogP contribution in [0.4, 0.5) is 24.5 Å². The molecule has 1 N–H and O–H groups in total. The number of fused-ring (bicyclic) bond motifs is 1. The average molecular weight is 600 g/mol. The number of ether oxygens (including phenoxy) is 1. The first kappa shape index (κ1) is 30.0. The van der Waals surface area contributed by atoms with Crippen molar-refractivity contribution in [1.29, 1.82) is 0 Å². The van der Waals surface area contributed by atoms with E-state index in [4.69, 9.17) is 4.74 Å². The number of carbonyl (C=O) groups is 1. The van der Waals surface area contributed by atoms with Gasteiger partial charge in [0, 0.05) is 42.7 Å². The van der Waals surface area contributed by atoms with Gasteiger partial charge in [-0.05, 0) is 55.5 Å². The summed E-state index contributed by atoms with van der Waals surface area (Å²) >= 11 is 0. The Morgan fingerprint density at radius 1 is 1.00 bits per heavy atom. The zero-order valence-corrected chi connectivity index (χ0v) is 24.1. The maximum Gasteiger partial charge on any atom is 0.416 e. The Morgan fingerprint density at radius 3 is 2.48 bits per heavy atom. The number of hydrogen-bond acceptors (Lipinski definition) is 6. The zero-order valence-electron chi connectivity index (χ0n) is 24.1. The lowest BCUT2D eigenvalue weighted by molar-refractivity contribution is -0.137. The monoisotopic (exact) mass is 599 g/mol. The Balaban J connectivity index is 1.53. The fraction of sp³-hybridized carbons (Fsp3) is 0.152. The highest BCUT2D eigenvalue weighted by molar-refractivity contribution is 5.92. The van der Waals surface area contributed by atoms with Gasteiger partial charge in [0.1, 0.15) is 5.75 Å². The van der Waals surface area contributed by atoms with E-state index in [0.29, 0.717) is 22.5 Å². The largest absolute Gasteiger partial charge is 0.483 e. The highest BCUT2D eigenvalue weighted by Gasteiger charge is 2.31. The molecule has 44 heavy (non-hydrogen) atoms. The quantitative estimate of drug-likeness (QED) is 0.210. The van der Waals surface area contributed by atoms with E-state index in [1.807, 2.05) is 38.1 Å². The van der Waals surface area contributed by atoms with Gasteiger partial charge in [-0.15, -0.1) is 0 Å². The highest BCUT2D eigenvalue weighted by Crippen LogP contribution is 2.32. The number of aryl methyl sites for hydroxylation is 1. The molecular weight excluding hydrogens is 571 g/mol. The van der Waals surface area contributed by atoms with Gasteiger partial charge in [-0.1, -0.05) is 42.0 Å². The van der Waals surface area contributed by atoms with Crippen molar-refractivity contribution in [2.75, 3.05) is 30.9 Å². The number of alkyl halides is 3. The number of rotatable bonds is 8. The number of para-hydroxylation sites is 1. The second-order valence-electron chi connectivity index (χ2n) is 10.2. The first-order valence-electron chi connectivity index (χ1n) is 13.5. The van der Waals surface area contributed by atoms with Crippen molar-refractivity contribution in [3.63, 3.8) is 0 Å². The molecule has 0 saturated carbocycles. The van der Waals surface area contributed by atoms with Gasteiger partial charge in [0.05, 0.1) is 22.7 Å². The molecule has 0 bridgehead atoms. The van der Waals surface area contributed by atoms with Gasteiger partial charge in [0.2, 0.25) is 0 Å². The lowest BCUT2D eigenvalue weighted by Crippen LogP contribution is -2.21. The fourth-order valence-electron chi connectivity index (χ4n) is 4.38. The van der Waals surface area contributed by atoms with Crippen molar-refractivity contribution in [3.05, 3.63) is 118 Å². The van der Waals surface area contributed by atoms with Crippen LogP contribution in [0.25, 0.3) is 22.3 Å². The van der Waals surface area contributed by atoms with Crippen LogP contribution in [0.5, 0.6) is 5.75 Å². The van der Waals surface area contributed by atoms with Crippen LogP contribution in [0.2, 0.25) is 0 Å². The third-order valence-corrected chi connectivity index (χ3v) is 6.72. The van der Waals surface area contributed by atoms with E-state index in [2.05, 4.69) is 15.4 Å². The Hall–Kier alpha value is -5.45. The topological polar surface area (TPSA) is 88.8 Å². The molecule has 0 unspecified atom stereocenters. The standard InChI is InChI=1S/C33H28F3N5O3/c1-21-11-14-25(15-12-21)38-30(42)20-44-29-18-26(40(2)3)16-13-23(29)19-37-41-31(22-7-6-8-24(17-22)33(34,35)36)39-28-10-5-4-9-27(28)32(41)43/h4-19H,20H2,1-3H3,(H,38,42). The Kier molecular flexibility index (Phi) is 8.48. The number of aromatic nitrogens is 2. The Morgan fingerprint density at radius 2 is 1.75 bits per heavy atom. The van der Waals surface area contributed by atoms with Crippen molar-refractivity contribution in [2.45, 2.75) is 13.1 Å². The molecule has 5 rings (SSSR count). The summed E-state index contributed by atoms with van der Waals surface area (Å²) in [6.45, 7) is 1.64. The molecule has 1 amide bonds. The number of benzene rings is 4. The summed E-state index contributed by atoms with van der Waals surface area (Å²) < 4.78 is 47.4. The molecule has 0 saturated heterocycles. The molecular formula is C33H28F3N5O3. The van der Waals surface area contributed by atoms with Crippen molar-refractivity contribution < 1.29 is 22.7 Å². The average Bonchev–Trinajstić information content (AvgIpc) is 3.00. The predicted octanol–water partition coefficient (Wildman–Crippen LogP) is 6.36. The summed E-state index contributed by atoms with van der Waals surface area (Å²) in [4.78, 5) is 32.5. The molecule has 0 aliphatic heterocycles. The number of anilines is 2. The molecule has 1 heterocycles. The van der Waals surface area contributed by atoms with Crippen molar-refractivity contribution in [1.82, 2.24) is 9.66 Å². The molecule has 0 spiro atoms. The van der Waals surface area contributed by atoms with Gasteiger partial charge >= 0.3 is 6.18 Å². The summed E-state index contributed by atoms with van der Waals surface area (Å²) in [6, 6.07) is 23.6. The Labute approximate surface area is 251 Å². The van der Waals surface area contributed by atoms with E-state index in [9.17, 15) is 22.8 Å². The van der Waals surface area contributed by atoms with Crippen molar-refractivity contribution in [2.24, 2.45) is 5.10 Å². The lowest BCUT2D eigenvalue weighted by Gasteiger charge is -2.16. The molecule has 11 heteroatoms. The molecule has 5 aromatic rings. The third-order valence-electron chi connectivity index (χ3n) is 6.72. The van der Waals surface area contributed by atoms with E-state index in [1.165, 1.54) is 18.3 Å². The smallest absolute Gasteiger partial charge is 0.416 e. The second kappa shape index (κ2) is 12.4. The molecule has 0 aliphatic carbocycles. The fourth-order valence-corrected chi connectivity index (χ4v) is 4.38. The summed E-state index contributed by atoms with van der Waals surface area (Å²) in [5.41, 5.74) is 1.82. The zero-order chi connectivity index (χ0) is 31.4. The van der Waals surface area contributed by atoms with Crippen molar-refractivity contribution in [3.8, 4) is 17.1 Å². The third kappa shape index (κ3) is 6.78. The first-order chi connectivity index (χ1) is 21.0. The van der Waals surface area contributed by atoms with Crippen LogP contribution >= 0.6 is 0 Å². The normalized spacial score (nSPS) is 11.6. The minimum Gasteiger partial charge on any atom is -0.483 e. The van der Waals surface area contributed by atoms with Crippen LogP contribution in [-0.4, -0.2) is 42.5 Å². The van der Waals surface area contributed by atoms with E-state index in [0.717, 1.165) is 28.1 Å². The van der Waals surface area contributed by atoms with Gasteiger partial charge in [-0.3, -0.25) is 9.59 Å². The van der Waals surface area contributed by atoms with Gasteiger partial charge in [-0.25, -0.2) is 4.98 Å². The minimum atomic E-state index is -4.59. The molecule has 4 aromatic carbocycles. The maximum atomic E-state index is 13.6. The van der Waals surface area contributed by atoms with E-state index < -0.39 is 17.3 Å². The minimum absolute atomic E-state index is 0.0621. The first-order valence-corrected chi connectivity index (χ1v) is 13.5. The second-order valence-corrected chi connectivity index (χ2v) is 10.2. The molecule has 0 fully saturated rings. The Bertz CT molecular complexity index is 1920. The van der Waals surface area contributed by atoms with Crippen LogP contribution in [0.1, 0.15) is 16.7 Å². The van der Waals surface area contributed by atoms with Crippen LogP contribution in [0, 0.1) is 6.92 Å². The van der Waals surface area contributed by atoms with Crippen molar-refractivity contribution >= 4 is 34.4 Å². The maximum absolute atomic E-state index is 13.6. The number of nitrogens with zero attached hydrogens (tertiary/aromatic N) is 4. The molecule has 0 aliphatic rings. The number of amides is 1. The molecule has 1 aromatic heterocycles. The van der Waals surface area contributed by atoms with E-state index >= 15 is 0 Å². The van der Waals surface area contributed by atoms with Crippen LogP contribution in [0.15, 0.2) is 101 Å². The molecule has 0 radical (unpaired) electrons. The molecule has 0 atom stereocenters. The lowest BCUT2D eigenvalue weighted by atomic mass is 10.1. The van der Waals surface area contributed by atoms with Crippen LogP contribution in [0.3, 0.4) is 0 Å². The number of nitrogens with one attached hydrogen (secondary N) is 1. The van der Waals surface area contributed by atoms with Gasteiger partial charge in [-0.2, -0.15) is 22.9 Å². The summed E-state index contributed by atoms with van der Waals surface area (Å²) in [5.74, 6) is -0.142. The molecule has 8 nitrogen and oxygen atoms in total. The van der Waals surface area contributed by atoms with Gasteiger partial charge in [0.25, 0.3) is 11.5 Å². The SMILES string of the molecule is Cc1ccc(NC(=O)COc2cc(N(C)C)ccc2C=Nn2c(-c3cccc(C(F)(F)F)c3)nc3ccccc3c2=O)cc1. The van der Waals surface area contributed by atoms with Crippen LogP contribution < -0.4 is 20.5 Å². The molecule has 224 valence electrons. The summed E-state index contributed by atoms with van der Waals surface area (Å²) in [5, 5.41) is 7.39. The van der Waals surface area contributed by atoms with E-state index in [1.54, 1.807) is 54.6 Å². The summed E-state index contributed by atoms with van der Waals surface area (Å²) in [6.07, 6.45) is -3.24.